The van der Waals surface area contributed by atoms with Gasteiger partial charge in [-0.05, 0) is 43.5 Å². The summed E-state index contributed by atoms with van der Waals surface area (Å²) in [4.78, 5) is 4.07. The number of anilines is 1. The maximum atomic E-state index is 5.99. The molecule has 1 heterocycles. The number of nitrogens with zero attached hydrogens (tertiary/aromatic N) is 1. The van der Waals surface area contributed by atoms with Crippen molar-refractivity contribution < 1.29 is 4.74 Å². The molecule has 1 aromatic heterocycles. The van der Waals surface area contributed by atoms with E-state index in [-0.39, 0.29) is 5.60 Å². The minimum atomic E-state index is -0.0354. The number of hydrogen-bond donors (Lipinski definition) is 2. The lowest BCUT2D eigenvalue weighted by molar-refractivity contribution is -0.0669. The number of hydrogen-bond acceptors (Lipinski definition) is 4. The highest BCUT2D eigenvalue weighted by Gasteiger charge is 2.39. The van der Waals surface area contributed by atoms with Gasteiger partial charge in [0.05, 0.1) is 5.60 Å². The van der Waals surface area contributed by atoms with E-state index < -0.39 is 0 Å². The Hall–Kier alpha value is -1.13. The first kappa shape index (κ1) is 15.3. The summed E-state index contributed by atoms with van der Waals surface area (Å²) in [5.74, 6) is 0.591. The van der Waals surface area contributed by atoms with Crippen molar-refractivity contribution in [3.63, 3.8) is 0 Å². The summed E-state index contributed by atoms with van der Waals surface area (Å²) >= 11 is 0. The van der Waals surface area contributed by atoms with E-state index in [1.165, 1.54) is 24.8 Å². The Morgan fingerprint density at radius 3 is 2.75 bits per heavy atom. The number of pyridine rings is 1. The predicted octanol–water partition coefficient (Wildman–Crippen LogP) is 2.53. The molecule has 1 aliphatic rings. The molecule has 1 saturated carbocycles. The smallest absolute Gasteiger partial charge is 0.123 e. The first-order chi connectivity index (χ1) is 9.70. The van der Waals surface area contributed by atoms with E-state index in [0.29, 0.717) is 11.9 Å². The van der Waals surface area contributed by atoms with E-state index in [2.05, 4.69) is 17.2 Å². The third-order valence-corrected chi connectivity index (χ3v) is 4.48. The van der Waals surface area contributed by atoms with E-state index in [4.69, 9.17) is 10.5 Å². The molecule has 1 aliphatic carbocycles. The fraction of sp³-hybridized carbons (Fsp3) is 0.688. The van der Waals surface area contributed by atoms with Crippen molar-refractivity contribution in [3.05, 3.63) is 23.9 Å². The van der Waals surface area contributed by atoms with Crippen molar-refractivity contribution in [2.75, 3.05) is 19.4 Å². The molecule has 1 aromatic rings. The Morgan fingerprint density at radius 2 is 2.15 bits per heavy atom. The number of aromatic nitrogens is 1. The van der Waals surface area contributed by atoms with E-state index in [0.717, 1.165) is 25.8 Å². The van der Waals surface area contributed by atoms with Gasteiger partial charge in [0.15, 0.2) is 0 Å². The lowest BCUT2D eigenvalue weighted by atomic mass is 9.77. The highest BCUT2D eigenvalue weighted by molar-refractivity contribution is 5.32. The third kappa shape index (κ3) is 3.49. The Balaban J connectivity index is 2.16. The summed E-state index contributed by atoms with van der Waals surface area (Å²) in [6.45, 7) is 3.11. The minimum absolute atomic E-state index is 0.0354. The molecule has 1 unspecified atom stereocenters. The summed E-state index contributed by atoms with van der Waals surface area (Å²) in [5, 5.41) is 3.63. The molecular formula is C16H27N3O. The molecule has 0 amide bonds. The van der Waals surface area contributed by atoms with Crippen LogP contribution in [0.5, 0.6) is 0 Å². The fourth-order valence-corrected chi connectivity index (χ4v) is 3.39. The molecular weight excluding hydrogens is 250 g/mol. The number of ether oxygens (including phenoxy) is 1. The van der Waals surface area contributed by atoms with Gasteiger partial charge in [0.2, 0.25) is 0 Å². The van der Waals surface area contributed by atoms with Crippen LogP contribution in [0, 0.1) is 0 Å². The first-order valence-electron chi connectivity index (χ1n) is 7.69. The van der Waals surface area contributed by atoms with Crippen LogP contribution in [0.1, 0.15) is 44.6 Å². The zero-order valence-electron chi connectivity index (χ0n) is 12.7. The first-order valence-corrected chi connectivity index (χ1v) is 7.69. The van der Waals surface area contributed by atoms with Gasteiger partial charge in [-0.2, -0.15) is 0 Å². The van der Waals surface area contributed by atoms with Crippen LogP contribution in [-0.2, 0) is 11.2 Å². The van der Waals surface area contributed by atoms with E-state index in [9.17, 15) is 0 Å². The molecule has 0 radical (unpaired) electrons. The van der Waals surface area contributed by atoms with Crippen LogP contribution in [0.4, 0.5) is 5.82 Å². The molecule has 0 aromatic carbocycles. The van der Waals surface area contributed by atoms with E-state index >= 15 is 0 Å². The van der Waals surface area contributed by atoms with Gasteiger partial charge in [-0.1, -0.05) is 26.2 Å². The lowest BCUT2D eigenvalue weighted by Crippen LogP contribution is -2.54. The van der Waals surface area contributed by atoms with E-state index in [1.54, 1.807) is 6.20 Å². The molecule has 1 fully saturated rings. The number of methoxy groups -OCH3 is 1. The van der Waals surface area contributed by atoms with Gasteiger partial charge in [-0.25, -0.2) is 4.98 Å². The summed E-state index contributed by atoms with van der Waals surface area (Å²) in [5.41, 5.74) is 6.98. The van der Waals surface area contributed by atoms with Crippen LogP contribution >= 0.6 is 0 Å². The fourth-order valence-electron chi connectivity index (χ4n) is 3.39. The van der Waals surface area contributed by atoms with Crippen molar-refractivity contribution in [1.29, 1.82) is 0 Å². The monoisotopic (exact) mass is 277 g/mol. The zero-order valence-corrected chi connectivity index (χ0v) is 12.7. The normalized spacial score (nSPS) is 19.7. The van der Waals surface area contributed by atoms with Crippen LogP contribution in [0.3, 0.4) is 0 Å². The Morgan fingerprint density at radius 1 is 1.40 bits per heavy atom. The number of likely N-dealkylation sites (N-methyl/N-ethyl adjacent to an activating group) is 1. The molecule has 0 bridgehead atoms. The SMILES string of the molecule is CCNC(Cc1ccnc(N)c1)C1(OC)CCCCC1. The summed E-state index contributed by atoms with van der Waals surface area (Å²) in [6, 6.07) is 4.35. The quantitative estimate of drug-likeness (QED) is 0.839. The number of nitrogens with one attached hydrogen (secondary N) is 1. The maximum Gasteiger partial charge on any atom is 0.123 e. The molecule has 112 valence electrons. The average Bonchev–Trinajstić information content (AvgIpc) is 2.47. The van der Waals surface area contributed by atoms with Crippen LogP contribution in [0.2, 0.25) is 0 Å². The van der Waals surface area contributed by atoms with Gasteiger partial charge in [0.25, 0.3) is 0 Å². The topological polar surface area (TPSA) is 60.2 Å². The molecule has 1 atom stereocenters. The van der Waals surface area contributed by atoms with Crippen LogP contribution in [0.25, 0.3) is 0 Å². The second kappa shape index (κ2) is 7.04. The van der Waals surface area contributed by atoms with Crippen LogP contribution in [-0.4, -0.2) is 30.3 Å². The largest absolute Gasteiger partial charge is 0.384 e. The molecule has 0 aliphatic heterocycles. The highest BCUT2D eigenvalue weighted by atomic mass is 16.5. The Labute approximate surface area is 122 Å². The summed E-state index contributed by atoms with van der Waals surface area (Å²) in [7, 11) is 1.86. The molecule has 0 saturated heterocycles. The maximum absolute atomic E-state index is 5.99. The highest BCUT2D eigenvalue weighted by Crippen LogP contribution is 2.35. The van der Waals surface area contributed by atoms with Gasteiger partial charge in [0, 0.05) is 19.3 Å². The number of nitrogens with two attached hydrogens (primary N) is 1. The number of nitrogen functional groups attached to an aromatic ring is 1. The second-order valence-electron chi connectivity index (χ2n) is 5.73. The molecule has 20 heavy (non-hydrogen) atoms. The van der Waals surface area contributed by atoms with Crippen molar-refractivity contribution in [3.8, 4) is 0 Å². The molecule has 3 N–H and O–H groups in total. The van der Waals surface area contributed by atoms with Crippen molar-refractivity contribution in [1.82, 2.24) is 10.3 Å². The molecule has 0 spiro atoms. The minimum Gasteiger partial charge on any atom is -0.384 e. The van der Waals surface area contributed by atoms with Gasteiger partial charge >= 0.3 is 0 Å². The molecule has 4 nitrogen and oxygen atoms in total. The van der Waals surface area contributed by atoms with Gasteiger partial charge < -0.3 is 15.8 Å². The van der Waals surface area contributed by atoms with Crippen molar-refractivity contribution in [2.24, 2.45) is 0 Å². The van der Waals surface area contributed by atoms with Gasteiger partial charge in [-0.15, -0.1) is 0 Å². The predicted molar refractivity (Wildman–Crippen MR) is 82.6 cm³/mol. The standard InChI is InChI=1S/C16H27N3O/c1-3-18-14(11-13-7-10-19-15(17)12-13)16(20-2)8-5-4-6-9-16/h7,10,12,14,18H,3-6,8-9,11H2,1-2H3,(H2,17,19). The second-order valence-corrected chi connectivity index (χ2v) is 5.73. The third-order valence-electron chi connectivity index (χ3n) is 4.48. The average molecular weight is 277 g/mol. The van der Waals surface area contributed by atoms with Crippen molar-refractivity contribution >= 4 is 5.82 Å². The zero-order chi connectivity index (χ0) is 14.4. The molecule has 4 heteroatoms. The summed E-state index contributed by atoms with van der Waals surface area (Å²) < 4.78 is 5.99. The van der Waals surface area contributed by atoms with Crippen molar-refractivity contribution in [2.45, 2.75) is 57.1 Å². The Kier molecular flexibility index (Phi) is 5.38. The Bertz CT molecular complexity index is 416. The summed E-state index contributed by atoms with van der Waals surface area (Å²) in [6.07, 6.45) is 8.85. The van der Waals surface area contributed by atoms with Gasteiger partial charge in [-0.3, -0.25) is 0 Å². The van der Waals surface area contributed by atoms with Crippen LogP contribution in [0.15, 0.2) is 18.3 Å². The van der Waals surface area contributed by atoms with Gasteiger partial charge in [0.1, 0.15) is 5.82 Å². The van der Waals surface area contributed by atoms with Crippen LogP contribution < -0.4 is 11.1 Å². The number of rotatable bonds is 6. The molecule has 2 rings (SSSR count). The lowest BCUT2D eigenvalue weighted by Gasteiger charge is -2.43. The van der Waals surface area contributed by atoms with E-state index in [1.807, 2.05) is 19.2 Å².